The Morgan fingerprint density at radius 2 is 1.86 bits per heavy atom. The Balaban J connectivity index is 1.29. The number of rotatable bonds is 6. The van der Waals surface area contributed by atoms with Crippen molar-refractivity contribution < 1.29 is 14.3 Å². The lowest BCUT2D eigenvalue weighted by Crippen LogP contribution is -2.31. The van der Waals surface area contributed by atoms with Crippen molar-refractivity contribution in [3.05, 3.63) is 77.6 Å². The average molecular weight is 473 g/mol. The number of carbonyl (C=O) groups excluding carboxylic acids is 2. The summed E-state index contributed by atoms with van der Waals surface area (Å²) in [4.78, 5) is 28.3. The van der Waals surface area contributed by atoms with Gasteiger partial charge >= 0.3 is 0 Å². The minimum atomic E-state index is -0.319. The van der Waals surface area contributed by atoms with Crippen LogP contribution in [0.25, 0.3) is 0 Å². The highest BCUT2D eigenvalue weighted by atomic mass is 16.5. The number of ether oxygens (including phenoxy) is 1. The largest absolute Gasteiger partial charge is 0.497 e. The van der Waals surface area contributed by atoms with Crippen molar-refractivity contribution in [1.29, 1.82) is 0 Å². The second-order valence-electron chi connectivity index (χ2n) is 9.75. The number of nitrogens with one attached hydrogen (secondary N) is 1. The molecule has 0 unspecified atom stereocenters. The number of hydrogen-bond acceptors (Lipinski definition) is 4. The summed E-state index contributed by atoms with van der Waals surface area (Å²) < 4.78 is 6.88. The average Bonchev–Trinajstić information content (AvgIpc) is 3.51. The Kier molecular flexibility index (Phi) is 6.57. The Labute approximate surface area is 206 Å². The summed E-state index contributed by atoms with van der Waals surface area (Å²) in [5, 5.41) is 7.05. The first-order valence-corrected chi connectivity index (χ1v) is 12.3. The highest BCUT2D eigenvalue weighted by molar-refractivity contribution is 6.08. The molecule has 7 heteroatoms. The van der Waals surface area contributed by atoms with Crippen LogP contribution >= 0.6 is 0 Å². The van der Waals surface area contributed by atoms with Gasteiger partial charge in [0.2, 0.25) is 0 Å². The minimum absolute atomic E-state index is 0.0143. The molecule has 0 bridgehead atoms. The Bertz CT molecular complexity index is 1200. The molecule has 2 aromatic carbocycles. The zero-order chi connectivity index (χ0) is 24.4. The van der Waals surface area contributed by atoms with Gasteiger partial charge in [0, 0.05) is 26.3 Å². The maximum atomic E-state index is 13.6. The van der Waals surface area contributed by atoms with E-state index < -0.39 is 0 Å². The van der Waals surface area contributed by atoms with E-state index in [1.165, 1.54) is 24.8 Å². The monoisotopic (exact) mass is 472 g/mol. The summed E-state index contributed by atoms with van der Waals surface area (Å²) in [5.74, 6) is 2.15. The number of aryl methyl sites for hydroxylation is 1. The lowest BCUT2D eigenvalue weighted by Gasteiger charge is -2.33. The van der Waals surface area contributed by atoms with E-state index in [1.54, 1.807) is 43.2 Å². The van der Waals surface area contributed by atoms with Gasteiger partial charge in [0.05, 0.1) is 18.4 Å². The molecule has 2 aliphatic rings. The SMILES string of the molecule is COc1ccc(C[C@H]2CCC[C@@H]3CN(C(=O)c4ccccc4NC(=O)c4ccn(C)n4)C[C@H]23)cc1. The molecule has 0 spiro atoms. The molecule has 1 aliphatic carbocycles. The van der Waals surface area contributed by atoms with Gasteiger partial charge in [-0.2, -0.15) is 5.10 Å². The smallest absolute Gasteiger partial charge is 0.276 e. The zero-order valence-corrected chi connectivity index (χ0v) is 20.3. The van der Waals surface area contributed by atoms with E-state index in [-0.39, 0.29) is 11.8 Å². The number of amides is 2. The van der Waals surface area contributed by atoms with E-state index in [4.69, 9.17) is 4.74 Å². The van der Waals surface area contributed by atoms with Gasteiger partial charge < -0.3 is 15.0 Å². The quantitative estimate of drug-likeness (QED) is 0.577. The fraction of sp³-hybridized carbons (Fsp3) is 0.393. The molecule has 2 amide bonds. The molecule has 1 aromatic heterocycles. The number of aromatic nitrogens is 2. The highest BCUT2D eigenvalue weighted by Gasteiger charge is 2.42. The Hall–Kier alpha value is -3.61. The second-order valence-corrected chi connectivity index (χ2v) is 9.75. The molecule has 2 fully saturated rings. The summed E-state index contributed by atoms with van der Waals surface area (Å²) in [7, 11) is 3.45. The maximum absolute atomic E-state index is 13.6. The molecule has 3 atom stereocenters. The number of para-hydroxylation sites is 1. The molecule has 0 radical (unpaired) electrons. The van der Waals surface area contributed by atoms with E-state index in [1.807, 2.05) is 29.2 Å². The number of methoxy groups -OCH3 is 1. The summed E-state index contributed by atoms with van der Waals surface area (Å²) in [6.07, 6.45) is 6.34. The van der Waals surface area contributed by atoms with Crippen LogP contribution in [0.4, 0.5) is 5.69 Å². The summed E-state index contributed by atoms with van der Waals surface area (Å²) in [6.45, 7) is 1.55. The van der Waals surface area contributed by atoms with Gasteiger partial charge in [-0.15, -0.1) is 0 Å². The maximum Gasteiger partial charge on any atom is 0.276 e. The summed E-state index contributed by atoms with van der Waals surface area (Å²) in [6, 6.07) is 17.3. The number of hydrogen-bond donors (Lipinski definition) is 1. The molecule has 35 heavy (non-hydrogen) atoms. The lowest BCUT2D eigenvalue weighted by molar-refractivity contribution is 0.0782. The number of anilines is 1. The van der Waals surface area contributed by atoms with Crippen molar-refractivity contribution >= 4 is 17.5 Å². The molecule has 1 N–H and O–H groups in total. The summed E-state index contributed by atoms with van der Waals surface area (Å²) in [5.41, 5.74) is 2.70. The first kappa shape index (κ1) is 23.1. The van der Waals surface area contributed by atoms with Crippen LogP contribution in [0.5, 0.6) is 5.75 Å². The Morgan fingerprint density at radius 1 is 1.06 bits per heavy atom. The normalized spacial score (nSPS) is 21.4. The first-order chi connectivity index (χ1) is 17.0. The van der Waals surface area contributed by atoms with E-state index in [9.17, 15) is 9.59 Å². The van der Waals surface area contributed by atoms with Crippen molar-refractivity contribution in [2.75, 3.05) is 25.5 Å². The molecule has 1 saturated carbocycles. The van der Waals surface area contributed by atoms with E-state index >= 15 is 0 Å². The van der Waals surface area contributed by atoms with Gasteiger partial charge in [-0.1, -0.05) is 30.7 Å². The van der Waals surface area contributed by atoms with Gasteiger partial charge in [-0.3, -0.25) is 14.3 Å². The van der Waals surface area contributed by atoms with Crippen LogP contribution in [0.15, 0.2) is 60.8 Å². The second kappa shape index (κ2) is 9.94. The molecule has 1 aliphatic heterocycles. The van der Waals surface area contributed by atoms with Gasteiger partial charge in [0.25, 0.3) is 11.8 Å². The van der Waals surface area contributed by atoms with Crippen LogP contribution in [0.1, 0.15) is 45.7 Å². The topological polar surface area (TPSA) is 76.5 Å². The predicted octanol–water partition coefficient (Wildman–Crippen LogP) is 4.41. The van der Waals surface area contributed by atoms with Crippen LogP contribution in [0, 0.1) is 17.8 Å². The third-order valence-corrected chi connectivity index (χ3v) is 7.54. The van der Waals surface area contributed by atoms with Crippen molar-refractivity contribution in [3.8, 4) is 5.75 Å². The Morgan fingerprint density at radius 3 is 2.60 bits per heavy atom. The van der Waals surface area contributed by atoms with E-state index in [0.717, 1.165) is 25.3 Å². The molecule has 2 heterocycles. The number of nitrogens with zero attached hydrogens (tertiary/aromatic N) is 3. The number of carbonyl (C=O) groups is 2. The zero-order valence-electron chi connectivity index (χ0n) is 20.3. The van der Waals surface area contributed by atoms with Crippen LogP contribution in [-0.2, 0) is 13.5 Å². The van der Waals surface area contributed by atoms with E-state index in [0.29, 0.717) is 34.7 Å². The molecular weight excluding hydrogens is 440 g/mol. The van der Waals surface area contributed by atoms with Gasteiger partial charge in [-0.05, 0) is 72.9 Å². The molecule has 182 valence electrons. The molecular formula is C28H32N4O3. The predicted molar refractivity (Wildman–Crippen MR) is 135 cm³/mol. The van der Waals surface area contributed by atoms with Gasteiger partial charge in [0.1, 0.15) is 5.75 Å². The van der Waals surface area contributed by atoms with Crippen molar-refractivity contribution in [2.45, 2.75) is 25.7 Å². The fourth-order valence-corrected chi connectivity index (χ4v) is 5.75. The lowest BCUT2D eigenvalue weighted by atomic mass is 9.71. The third-order valence-electron chi connectivity index (χ3n) is 7.54. The first-order valence-electron chi connectivity index (χ1n) is 12.3. The van der Waals surface area contributed by atoms with Crippen molar-refractivity contribution in [1.82, 2.24) is 14.7 Å². The summed E-state index contributed by atoms with van der Waals surface area (Å²) >= 11 is 0. The van der Waals surface area contributed by atoms with Crippen LogP contribution < -0.4 is 10.1 Å². The standard InChI is InChI=1S/C28H32N4O3/c1-31-15-14-26(30-31)27(33)29-25-9-4-3-8-23(25)28(34)32-17-21-7-5-6-20(24(21)18-32)16-19-10-12-22(35-2)13-11-19/h3-4,8-15,20-21,24H,5-7,16-18H2,1-2H3,(H,29,33)/t20-,21-,24-/m1/s1. The third kappa shape index (κ3) is 4.94. The molecule has 5 rings (SSSR count). The van der Waals surface area contributed by atoms with Crippen LogP contribution in [-0.4, -0.2) is 46.7 Å². The van der Waals surface area contributed by atoms with Crippen molar-refractivity contribution in [2.24, 2.45) is 24.8 Å². The number of benzene rings is 2. The minimum Gasteiger partial charge on any atom is -0.497 e. The van der Waals surface area contributed by atoms with Gasteiger partial charge in [0.15, 0.2) is 5.69 Å². The number of fused-ring (bicyclic) bond motifs is 1. The van der Waals surface area contributed by atoms with Crippen molar-refractivity contribution in [3.63, 3.8) is 0 Å². The number of likely N-dealkylation sites (tertiary alicyclic amines) is 1. The van der Waals surface area contributed by atoms with Crippen LogP contribution in [0.2, 0.25) is 0 Å². The molecule has 1 saturated heterocycles. The van der Waals surface area contributed by atoms with Crippen LogP contribution in [0.3, 0.4) is 0 Å². The molecule has 7 nitrogen and oxygen atoms in total. The highest BCUT2D eigenvalue weighted by Crippen LogP contribution is 2.42. The fourth-order valence-electron chi connectivity index (χ4n) is 5.75. The molecule has 3 aromatic rings. The van der Waals surface area contributed by atoms with E-state index in [2.05, 4.69) is 22.5 Å². The van der Waals surface area contributed by atoms with Gasteiger partial charge in [-0.25, -0.2) is 0 Å².